The summed E-state index contributed by atoms with van der Waals surface area (Å²) in [5.41, 5.74) is -0.889. The van der Waals surface area contributed by atoms with Crippen molar-refractivity contribution in [3.8, 4) is 0 Å². The van der Waals surface area contributed by atoms with E-state index in [4.69, 9.17) is 0 Å². The average Bonchev–Trinajstić information content (AvgIpc) is 2.28. The second kappa shape index (κ2) is 5.94. The largest absolute Gasteiger partial charge is 0.457 e. The van der Waals surface area contributed by atoms with Crippen LogP contribution in [0.2, 0.25) is 0 Å². The van der Waals surface area contributed by atoms with Gasteiger partial charge in [0, 0.05) is 16.2 Å². The van der Waals surface area contributed by atoms with E-state index in [2.05, 4.69) is 0 Å². The first-order valence-electron chi connectivity index (χ1n) is 5.45. The van der Waals surface area contributed by atoms with Crippen LogP contribution < -0.4 is 0 Å². The molecule has 0 aromatic heterocycles. The Labute approximate surface area is 112 Å². The lowest BCUT2D eigenvalue weighted by molar-refractivity contribution is -0.264. The predicted molar refractivity (Wildman–Crippen MR) is 66.5 cm³/mol. The lowest BCUT2D eigenvalue weighted by Crippen LogP contribution is -2.39. The average molecular weight is 296 g/mol. The molecule has 0 amide bonds. The molecule has 1 rings (SSSR count). The lowest BCUT2D eigenvalue weighted by Gasteiger charge is -2.24. The van der Waals surface area contributed by atoms with Crippen LogP contribution in [0.25, 0.3) is 0 Å². The second-order valence-electron chi connectivity index (χ2n) is 4.15. The van der Waals surface area contributed by atoms with Gasteiger partial charge in [-0.3, -0.25) is 0 Å². The molecule has 0 aliphatic heterocycles. The number of hydrogen-bond acceptors (Lipinski definition) is 1. The van der Waals surface area contributed by atoms with Gasteiger partial charge in [-0.15, -0.1) is 11.8 Å². The summed E-state index contributed by atoms with van der Waals surface area (Å²) in [5, 5.41) is 0. The number of allylic oxidation sites excluding steroid dienone is 1. The third kappa shape index (κ3) is 3.96. The molecule has 0 nitrogen and oxygen atoms in total. The molecule has 0 radical (unpaired) electrons. The summed E-state index contributed by atoms with van der Waals surface area (Å²) in [4.78, 5) is 0.652. The van der Waals surface area contributed by atoms with Gasteiger partial charge in [-0.1, -0.05) is 23.8 Å². The number of rotatable bonds is 4. The Hall–Kier alpha value is -1.04. The minimum Gasteiger partial charge on any atom is -0.191 e. The zero-order valence-corrected chi connectivity index (χ0v) is 11.2. The summed E-state index contributed by atoms with van der Waals surface area (Å²) in [6.07, 6.45) is -5.56. The Morgan fingerprint density at radius 3 is 1.95 bits per heavy atom. The molecule has 0 bridgehead atoms. The van der Waals surface area contributed by atoms with E-state index in [1.54, 1.807) is 30.3 Å². The van der Waals surface area contributed by atoms with Crippen molar-refractivity contribution in [1.82, 2.24) is 0 Å². The summed E-state index contributed by atoms with van der Waals surface area (Å²) in [5.74, 6) is -5.17. The van der Waals surface area contributed by atoms with Crippen LogP contribution >= 0.6 is 11.8 Å². The highest BCUT2D eigenvalue weighted by Gasteiger charge is 2.59. The highest BCUT2D eigenvalue weighted by atomic mass is 32.2. The molecule has 0 heterocycles. The summed E-state index contributed by atoms with van der Waals surface area (Å²) in [7, 11) is 0. The van der Waals surface area contributed by atoms with E-state index < -0.39 is 23.4 Å². The molecule has 106 valence electrons. The van der Waals surface area contributed by atoms with Crippen molar-refractivity contribution in [2.45, 2.75) is 30.8 Å². The van der Waals surface area contributed by atoms with Crippen molar-refractivity contribution in [2.24, 2.45) is 0 Å². The maximum atomic E-state index is 13.4. The van der Waals surface area contributed by atoms with Crippen LogP contribution in [0.3, 0.4) is 0 Å². The van der Waals surface area contributed by atoms with Crippen LogP contribution in [0.15, 0.2) is 46.4 Å². The predicted octanol–water partition coefficient (Wildman–Crippen LogP) is 5.31. The maximum Gasteiger partial charge on any atom is 0.457 e. The molecule has 0 fully saturated rings. The smallest absolute Gasteiger partial charge is 0.191 e. The molecule has 0 unspecified atom stereocenters. The normalized spacial score (nSPS) is 12.4. The van der Waals surface area contributed by atoms with E-state index in [0.717, 1.165) is 11.8 Å². The third-order valence-electron chi connectivity index (χ3n) is 2.46. The molecule has 0 saturated carbocycles. The Morgan fingerprint density at radius 2 is 1.53 bits per heavy atom. The van der Waals surface area contributed by atoms with E-state index in [1.807, 2.05) is 0 Å². The van der Waals surface area contributed by atoms with Crippen molar-refractivity contribution in [3.63, 3.8) is 0 Å². The Bertz CT molecular complexity index is 444. The third-order valence-corrected chi connectivity index (χ3v) is 3.50. The molecule has 0 aliphatic rings. The van der Waals surface area contributed by atoms with Crippen LogP contribution in [-0.2, 0) is 0 Å². The topological polar surface area (TPSA) is 0 Å². The first kappa shape index (κ1) is 16.0. The number of halogens is 5. The highest BCUT2D eigenvalue weighted by Crippen LogP contribution is 2.43. The number of alkyl halides is 5. The fourth-order valence-corrected chi connectivity index (χ4v) is 2.52. The minimum absolute atomic E-state index is 0.00856. The van der Waals surface area contributed by atoms with Gasteiger partial charge >= 0.3 is 12.1 Å². The van der Waals surface area contributed by atoms with E-state index in [-0.39, 0.29) is 5.57 Å². The van der Waals surface area contributed by atoms with Crippen LogP contribution in [0.5, 0.6) is 0 Å². The van der Waals surface area contributed by atoms with Crippen LogP contribution in [0.1, 0.15) is 13.8 Å². The van der Waals surface area contributed by atoms with Gasteiger partial charge < -0.3 is 0 Å². The molecule has 1 aromatic carbocycles. The van der Waals surface area contributed by atoms with E-state index in [9.17, 15) is 22.0 Å². The van der Waals surface area contributed by atoms with Gasteiger partial charge in [-0.05, 0) is 26.0 Å². The number of thioether (sulfide) groups is 1. The van der Waals surface area contributed by atoms with E-state index in [1.165, 1.54) is 13.8 Å². The monoisotopic (exact) mass is 296 g/mol. The van der Waals surface area contributed by atoms with Gasteiger partial charge in [0.15, 0.2) is 0 Å². The Kier molecular flexibility index (Phi) is 5.01. The van der Waals surface area contributed by atoms with Gasteiger partial charge in [0.2, 0.25) is 0 Å². The second-order valence-corrected chi connectivity index (χ2v) is 5.20. The van der Waals surface area contributed by atoms with Gasteiger partial charge in [0.05, 0.1) is 0 Å². The summed E-state index contributed by atoms with van der Waals surface area (Å²) in [6, 6.07) is 8.48. The van der Waals surface area contributed by atoms with Gasteiger partial charge in [-0.25, -0.2) is 0 Å². The molecule has 19 heavy (non-hydrogen) atoms. The summed E-state index contributed by atoms with van der Waals surface area (Å²) < 4.78 is 63.8. The first-order valence-corrected chi connectivity index (χ1v) is 6.44. The zero-order chi connectivity index (χ0) is 14.7. The van der Waals surface area contributed by atoms with Crippen molar-refractivity contribution in [1.29, 1.82) is 0 Å². The van der Waals surface area contributed by atoms with Crippen LogP contribution in [-0.4, -0.2) is 17.9 Å². The molecule has 0 saturated heterocycles. The van der Waals surface area contributed by atoms with Crippen molar-refractivity contribution < 1.29 is 22.0 Å². The maximum absolute atomic E-state index is 13.4. The zero-order valence-electron chi connectivity index (χ0n) is 10.4. The van der Waals surface area contributed by atoms with Gasteiger partial charge in [0.1, 0.15) is 0 Å². The molecule has 0 N–H and O–H groups in total. The van der Waals surface area contributed by atoms with Crippen molar-refractivity contribution >= 4 is 11.8 Å². The molecule has 0 atom stereocenters. The fraction of sp³-hybridized carbons (Fsp3) is 0.385. The van der Waals surface area contributed by atoms with Crippen molar-refractivity contribution in [3.05, 3.63) is 41.5 Å². The van der Waals surface area contributed by atoms with Crippen LogP contribution in [0.4, 0.5) is 22.0 Å². The summed E-state index contributed by atoms with van der Waals surface area (Å²) in [6.45, 7) is 2.53. The molecule has 0 aliphatic carbocycles. The quantitative estimate of drug-likeness (QED) is 0.412. The first-order chi connectivity index (χ1) is 8.66. The van der Waals surface area contributed by atoms with Gasteiger partial charge in [-0.2, -0.15) is 22.0 Å². The molecule has 1 aromatic rings. The number of hydrogen-bond donors (Lipinski definition) is 0. The van der Waals surface area contributed by atoms with E-state index in [0.29, 0.717) is 4.90 Å². The standard InChI is InChI=1S/C13H13F5S/c1-9(2)11(12(14,15)13(16,17)18)8-19-10-6-4-3-5-7-10/h3-7H,8H2,1-2H3. The summed E-state index contributed by atoms with van der Waals surface area (Å²) >= 11 is 0.962. The number of benzene rings is 1. The Morgan fingerprint density at radius 1 is 1.00 bits per heavy atom. The molecule has 6 heteroatoms. The lowest BCUT2D eigenvalue weighted by atomic mass is 10.1. The highest BCUT2D eigenvalue weighted by molar-refractivity contribution is 7.99. The van der Waals surface area contributed by atoms with Crippen LogP contribution in [0, 0.1) is 0 Å². The van der Waals surface area contributed by atoms with Gasteiger partial charge in [0.25, 0.3) is 0 Å². The Balaban J connectivity index is 2.91. The minimum atomic E-state index is -5.56. The molecular formula is C13H13F5S. The molecular weight excluding hydrogens is 283 g/mol. The SMILES string of the molecule is CC(C)=C(CSc1ccccc1)C(F)(F)C(F)(F)F. The van der Waals surface area contributed by atoms with Crippen molar-refractivity contribution in [2.75, 3.05) is 5.75 Å². The fourth-order valence-electron chi connectivity index (χ4n) is 1.39. The van der Waals surface area contributed by atoms with E-state index >= 15 is 0 Å². The molecule has 0 spiro atoms.